The van der Waals surface area contributed by atoms with Crippen LogP contribution in [0.2, 0.25) is 0 Å². The Kier molecular flexibility index (Phi) is 29.3. The van der Waals surface area contributed by atoms with E-state index in [9.17, 15) is 0 Å². The van der Waals surface area contributed by atoms with E-state index < -0.39 is 17.9 Å². The average molecular weight is 1710 g/mol. The van der Waals surface area contributed by atoms with Crippen LogP contribution in [0, 0.1) is 163 Å². The molecular formula is C114H164N6O6. The van der Waals surface area contributed by atoms with Crippen molar-refractivity contribution in [3.05, 3.63) is 128 Å². The fraction of sp³-hybridized carbons (Fsp3) is 0.728. The largest absolute Gasteiger partial charge is 0.458 e. The summed E-state index contributed by atoms with van der Waals surface area (Å²) in [5, 5.41) is 22.4. The summed E-state index contributed by atoms with van der Waals surface area (Å²) < 4.78 is 20.2. The Labute approximate surface area is 763 Å². The molecule has 24 atom stereocenters. The molecule has 12 nitrogen and oxygen atoms in total. The Morgan fingerprint density at radius 1 is 0.373 bits per heavy atom. The van der Waals surface area contributed by atoms with Crippen LogP contribution in [0.5, 0.6) is 0 Å². The molecule has 0 saturated heterocycles. The van der Waals surface area contributed by atoms with Crippen LogP contribution in [0.25, 0.3) is 0 Å². The number of carbonyl (C=O) groups is 3. The van der Waals surface area contributed by atoms with Gasteiger partial charge in [-0.2, -0.15) is 0 Å². The van der Waals surface area contributed by atoms with Crippen molar-refractivity contribution in [1.82, 2.24) is 10.0 Å². The lowest BCUT2D eigenvalue weighted by Crippen LogP contribution is -2.51. The van der Waals surface area contributed by atoms with Crippen molar-refractivity contribution in [1.29, 1.82) is 0 Å². The highest BCUT2D eigenvalue weighted by Gasteiger charge is 2.63. The number of rotatable bonds is 29. The van der Waals surface area contributed by atoms with Crippen LogP contribution in [0.1, 0.15) is 397 Å². The van der Waals surface area contributed by atoms with E-state index in [1.165, 1.54) is 152 Å². The maximum atomic E-state index is 15.5. The minimum absolute atomic E-state index is 0.0765. The molecule has 3 aromatic rings. The molecule has 0 radical (unpaired) electrons. The quantitative estimate of drug-likeness (QED) is 0.0167. The molecule has 686 valence electrons. The molecule has 0 aliphatic heterocycles. The molecule has 0 bridgehead atoms. The first kappa shape index (κ1) is 93.9. The minimum Gasteiger partial charge on any atom is -0.458 e. The molecule has 12 heteroatoms. The van der Waals surface area contributed by atoms with Gasteiger partial charge in [-0.25, -0.2) is 14.4 Å². The fourth-order valence-corrected chi connectivity index (χ4v) is 30.7. The van der Waals surface area contributed by atoms with Crippen molar-refractivity contribution in [3.63, 3.8) is 0 Å². The van der Waals surface area contributed by atoms with Crippen LogP contribution in [0.15, 0.2) is 110 Å². The molecule has 0 aromatic heterocycles. The second-order valence-corrected chi connectivity index (χ2v) is 46.1. The van der Waals surface area contributed by atoms with Gasteiger partial charge in [0.05, 0.1) is 16.7 Å². The van der Waals surface area contributed by atoms with Crippen molar-refractivity contribution in [3.8, 4) is 23.7 Å². The van der Waals surface area contributed by atoms with Gasteiger partial charge in [0.2, 0.25) is 0 Å². The van der Waals surface area contributed by atoms with Gasteiger partial charge in [-0.1, -0.05) is 231 Å². The van der Waals surface area contributed by atoms with Crippen molar-refractivity contribution in [2.45, 2.75) is 362 Å². The van der Waals surface area contributed by atoms with Gasteiger partial charge in [0.25, 0.3) is 0 Å². The summed E-state index contributed by atoms with van der Waals surface area (Å²) in [5.74, 6) is 25.9. The molecule has 0 unspecified atom stereocenters. The van der Waals surface area contributed by atoms with E-state index in [1.807, 2.05) is 66.3 Å². The lowest BCUT2D eigenvalue weighted by molar-refractivity contribution is -0.0594. The zero-order chi connectivity index (χ0) is 89.4. The van der Waals surface area contributed by atoms with Crippen molar-refractivity contribution < 1.29 is 28.6 Å². The SMILES string of the molecule is CCN(CC)N=Nc1ccc(C#Cc2ccc(C#Cc3ccc(N=NN(CC)CC)c(C(=O)O[C@H]4CC[C@@]5(C)C(=CC[C@H]6[C@@H]7CC[C@H]([C@H](C)CCCC(C)C)[C@@]7(C)CC[C@@H]65)C4)c3)c(C(=O)O[C@H]3CC[C@@]4(C)C(=CC[C@H]5[C@@H]6CC[C@H]([C@H](C)CCCC(C)C)[C@@]6(C)CC[C@@H]54)C3)c2)cc1C(=O)O[C@H]1CC[C@@]2(C)C(=CC[C@H]3[C@@H]4CC[C@H]([C@H](C)CCCC(C)C)[C@@]4(C)CC[C@@H]32)C1. The smallest absolute Gasteiger partial charge is 0.340 e. The lowest BCUT2D eigenvalue weighted by Gasteiger charge is -2.58. The summed E-state index contributed by atoms with van der Waals surface area (Å²) in [4.78, 5) is 45.6. The Balaban J connectivity index is 0.687. The maximum Gasteiger partial charge on any atom is 0.340 e. The van der Waals surface area contributed by atoms with Gasteiger partial charge in [0.15, 0.2) is 0 Å². The third-order valence-corrected chi connectivity index (χ3v) is 38.0. The average Bonchev–Trinajstić information content (AvgIpc) is 1.43. The normalized spacial score (nSPS) is 34.9. The Morgan fingerprint density at radius 2 is 0.683 bits per heavy atom. The first-order valence-electron chi connectivity index (χ1n) is 51.9. The van der Waals surface area contributed by atoms with E-state index in [-0.39, 0.29) is 34.6 Å². The number of hydrogen-bond donors (Lipinski definition) is 0. The zero-order valence-electron chi connectivity index (χ0n) is 81.8. The van der Waals surface area contributed by atoms with Crippen molar-refractivity contribution >= 4 is 29.3 Å². The van der Waals surface area contributed by atoms with E-state index in [2.05, 4.69) is 170 Å². The highest BCUT2D eigenvalue weighted by molar-refractivity contribution is 5.96. The number of allylic oxidation sites excluding steroid dienone is 3. The number of fused-ring (bicyclic) bond motifs is 15. The minimum atomic E-state index is -0.435. The van der Waals surface area contributed by atoms with Crippen LogP contribution in [-0.2, 0) is 14.2 Å². The van der Waals surface area contributed by atoms with Crippen LogP contribution < -0.4 is 0 Å². The van der Waals surface area contributed by atoms with Crippen LogP contribution >= 0.6 is 0 Å². The number of hydrogen-bond acceptors (Lipinski definition) is 10. The molecule has 12 aliphatic rings. The van der Waals surface area contributed by atoms with Gasteiger partial charge < -0.3 is 14.2 Å². The molecule has 0 N–H and O–H groups in total. The van der Waals surface area contributed by atoms with E-state index >= 15 is 14.4 Å². The molecule has 15 rings (SSSR count). The summed E-state index contributed by atoms with van der Waals surface area (Å²) >= 11 is 0. The summed E-state index contributed by atoms with van der Waals surface area (Å²) in [7, 11) is 0. The van der Waals surface area contributed by atoms with Gasteiger partial charge in [-0.15, -0.1) is 10.2 Å². The number of benzene rings is 3. The predicted octanol–water partition coefficient (Wildman–Crippen LogP) is 29.9. The van der Waals surface area contributed by atoms with Gasteiger partial charge in [-0.05, 0) is 356 Å². The second-order valence-electron chi connectivity index (χ2n) is 46.1. The van der Waals surface area contributed by atoms with Crippen LogP contribution in [0.3, 0.4) is 0 Å². The van der Waals surface area contributed by atoms with Crippen LogP contribution in [0.4, 0.5) is 11.4 Å². The first-order chi connectivity index (χ1) is 60.3. The number of nitrogens with zero attached hydrogens (tertiary/aromatic N) is 6. The first-order valence-corrected chi connectivity index (χ1v) is 51.9. The monoisotopic (exact) mass is 1710 g/mol. The molecule has 9 fully saturated rings. The Hall–Kier alpha value is -6.79. The third-order valence-electron chi connectivity index (χ3n) is 38.0. The molecule has 3 aromatic carbocycles. The summed E-state index contributed by atoms with van der Waals surface area (Å²) in [5.41, 5.74) is 10.1. The van der Waals surface area contributed by atoms with E-state index in [4.69, 9.17) is 24.4 Å². The van der Waals surface area contributed by atoms with E-state index in [0.29, 0.717) is 122 Å². The van der Waals surface area contributed by atoms with Crippen LogP contribution in [-0.4, -0.2) is 72.4 Å². The third kappa shape index (κ3) is 19.1. The molecular weight excluding hydrogens is 1550 g/mol. The summed E-state index contributed by atoms with van der Waals surface area (Å²) in [6.45, 7) is 48.5. The maximum absolute atomic E-state index is 15.5. The Bertz CT molecular complexity index is 4660. The Morgan fingerprint density at radius 3 is 1.01 bits per heavy atom. The van der Waals surface area contributed by atoms with Gasteiger partial charge in [0.1, 0.15) is 29.7 Å². The molecule has 0 spiro atoms. The molecule has 126 heavy (non-hydrogen) atoms. The molecule has 9 saturated carbocycles. The second kappa shape index (κ2) is 39.3. The number of carbonyl (C=O) groups excluding carboxylic acids is 3. The zero-order valence-corrected chi connectivity index (χ0v) is 81.8. The molecule has 0 amide bonds. The standard InChI is InChI=1S/C114H164N6O6/c1-20-119(21-2)117-115-104-53-37-80(68-93(104)107(122)125-87-56-62-110(15)84(71-87)42-45-90-99-51-48-96(77(12)31-25-28-74(7)8)113(99,18)65-59-102(90)110)34-33-79-35-39-82(92(67-79)106(121)124-86-55-61-109(14)83(70-86)41-44-89-98-50-47-95(76(11)30-24-27-73(5)6)112(98,17)64-58-101(89)109)40-36-81-38-54-105(116-118-120(22-3)23-4)94(69-81)108(123)126-88-57-63-111(16)85(72-88)43-46-91-100-52-49-97(78(13)32-26-29-75(9)10)114(100,19)66-60-103(91)111/h35,37-39,41-43,53-54,67-69,73-78,86-91,95-103H,20-32,44-52,55-66,70-72H2,1-19H3/t76-,77-,78-,86+,87+,88+,89+,90+,91+,95-,96-,97-,98+,99+,100+,101+,102+,103+,109+,110+,111+,112-,113-,114-/m1/s1. The molecule has 0 heterocycles. The van der Waals surface area contributed by atoms with E-state index in [1.54, 1.807) is 12.1 Å². The number of esters is 3. The highest BCUT2D eigenvalue weighted by atomic mass is 16.6. The highest BCUT2D eigenvalue weighted by Crippen LogP contribution is 2.72. The fourth-order valence-electron chi connectivity index (χ4n) is 30.7. The summed E-state index contributed by atoms with van der Waals surface area (Å²) in [6, 6.07) is 16.7. The predicted molar refractivity (Wildman–Crippen MR) is 513 cm³/mol. The van der Waals surface area contributed by atoms with E-state index in [0.717, 1.165) is 154 Å². The van der Waals surface area contributed by atoms with Crippen molar-refractivity contribution in [2.75, 3.05) is 26.2 Å². The number of ether oxygens (including phenoxy) is 3. The van der Waals surface area contributed by atoms with Crippen molar-refractivity contribution in [2.24, 2.45) is 160 Å². The topological polar surface area (TPSA) is 135 Å². The lowest BCUT2D eigenvalue weighted by atomic mass is 9.47. The van der Waals surface area contributed by atoms with Gasteiger partial charge in [0, 0.05) is 67.7 Å². The van der Waals surface area contributed by atoms with Gasteiger partial charge >= 0.3 is 17.9 Å². The summed E-state index contributed by atoms with van der Waals surface area (Å²) in [6.07, 6.45) is 46.2. The molecule has 12 aliphatic carbocycles. The van der Waals surface area contributed by atoms with Gasteiger partial charge in [-0.3, -0.25) is 10.0 Å².